The van der Waals surface area contributed by atoms with E-state index in [2.05, 4.69) is 20.7 Å². The summed E-state index contributed by atoms with van der Waals surface area (Å²) in [5.41, 5.74) is 1.63. The first kappa shape index (κ1) is 16.9. The van der Waals surface area contributed by atoms with Gasteiger partial charge in [-0.05, 0) is 43.2 Å². The molecular formula is C16H16BrNO3S. The van der Waals surface area contributed by atoms with Crippen LogP contribution in [-0.2, 0) is 16.4 Å². The third kappa shape index (κ3) is 4.50. The Balaban J connectivity index is 1.95. The monoisotopic (exact) mass is 381 g/mol. The largest absolute Gasteiger partial charge is 0.295 e. The molecule has 0 saturated heterocycles. The second-order valence-electron chi connectivity index (χ2n) is 4.85. The van der Waals surface area contributed by atoms with Crippen LogP contribution >= 0.6 is 15.9 Å². The predicted molar refractivity (Wildman–Crippen MR) is 89.5 cm³/mol. The number of carbonyl (C=O) groups is 1. The van der Waals surface area contributed by atoms with Crippen LogP contribution in [-0.4, -0.2) is 20.7 Å². The second-order valence-corrected chi connectivity index (χ2v) is 7.54. The van der Waals surface area contributed by atoms with Crippen molar-refractivity contribution in [3.8, 4) is 0 Å². The molecule has 0 aliphatic rings. The number of carbonyl (C=O) groups excluding carboxylic acids is 1. The van der Waals surface area contributed by atoms with E-state index in [1.54, 1.807) is 36.4 Å². The van der Waals surface area contributed by atoms with Gasteiger partial charge in [0.25, 0.3) is 0 Å². The molecule has 0 fully saturated rings. The Labute approximate surface area is 138 Å². The SMILES string of the molecule is CC(=O)c1ccc(CCNS(=O)(=O)c2ccc(Br)cc2)cc1. The number of halogens is 1. The van der Waals surface area contributed by atoms with E-state index in [9.17, 15) is 13.2 Å². The third-order valence-electron chi connectivity index (χ3n) is 3.19. The Kier molecular flexibility index (Phi) is 5.50. The van der Waals surface area contributed by atoms with Crippen LogP contribution in [0.2, 0.25) is 0 Å². The summed E-state index contributed by atoms with van der Waals surface area (Å²) in [5.74, 6) is 0.0162. The van der Waals surface area contributed by atoms with E-state index in [-0.39, 0.29) is 10.7 Å². The van der Waals surface area contributed by atoms with Crippen molar-refractivity contribution in [2.24, 2.45) is 0 Å². The summed E-state index contributed by atoms with van der Waals surface area (Å²) in [5, 5.41) is 0. The van der Waals surface area contributed by atoms with E-state index in [4.69, 9.17) is 0 Å². The molecule has 6 heteroatoms. The molecule has 1 N–H and O–H groups in total. The van der Waals surface area contributed by atoms with E-state index in [0.29, 0.717) is 18.5 Å². The fourth-order valence-electron chi connectivity index (χ4n) is 1.93. The topological polar surface area (TPSA) is 63.2 Å². The summed E-state index contributed by atoms with van der Waals surface area (Å²) in [6.07, 6.45) is 0.563. The number of benzene rings is 2. The van der Waals surface area contributed by atoms with Gasteiger partial charge >= 0.3 is 0 Å². The van der Waals surface area contributed by atoms with Crippen LogP contribution in [0.1, 0.15) is 22.8 Å². The van der Waals surface area contributed by atoms with Crippen molar-refractivity contribution in [3.63, 3.8) is 0 Å². The average molecular weight is 382 g/mol. The highest BCUT2D eigenvalue weighted by Gasteiger charge is 2.12. The highest BCUT2D eigenvalue weighted by Crippen LogP contribution is 2.14. The van der Waals surface area contributed by atoms with Crippen LogP contribution in [0.25, 0.3) is 0 Å². The standard InChI is InChI=1S/C16H16BrNO3S/c1-12(19)14-4-2-13(3-5-14)10-11-18-22(20,21)16-8-6-15(17)7-9-16/h2-9,18H,10-11H2,1H3. The first-order valence-electron chi connectivity index (χ1n) is 6.73. The molecule has 0 amide bonds. The fourth-order valence-corrected chi connectivity index (χ4v) is 3.23. The second kappa shape index (κ2) is 7.17. The lowest BCUT2D eigenvalue weighted by atomic mass is 10.1. The van der Waals surface area contributed by atoms with Crippen LogP contribution in [0.4, 0.5) is 0 Å². The third-order valence-corrected chi connectivity index (χ3v) is 5.20. The number of hydrogen-bond donors (Lipinski definition) is 1. The summed E-state index contributed by atoms with van der Waals surface area (Å²) >= 11 is 3.27. The van der Waals surface area contributed by atoms with Crippen LogP contribution < -0.4 is 4.72 Å². The van der Waals surface area contributed by atoms with Gasteiger partial charge < -0.3 is 0 Å². The maximum Gasteiger partial charge on any atom is 0.240 e. The molecule has 0 aliphatic heterocycles. The van der Waals surface area contributed by atoms with Gasteiger partial charge in [0.2, 0.25) is 10.0 Å². The normalized spacial score (nSPS) is 11.4. The Bertz CT molecular complexity index is 753. The van der Waals surface area contributed by atoms with Gasteiger partial charge in [0, 0.05) is 16.6 Å². The molecule has 0 aromatic heterocycles. The van der Waals surface area contributed by atoms with Crippen LogP contribution in [0.5, 0.6) is 0 Å². The predicted octanol–water partition coefficient (Wildman–Crippen LogP) is 3.17. The molecule has 0 atom stereocenters. The van der Waals surface area contributed by atoms with Gasteiger partial charge in [-0.25, -0.2) is 13.1 Å². The molecule has 0 heterocycles. The van der Waals surface area contributed by atoms with Crippen molar-refractivity contribution in [2.45, 2.75) is 18.2 Å². The lowest BCUT2D eigenvalue weighted by Crippen LogP contribution is -2.25. The fraction of sp³-hybridized carbons (Fsp3) is 0.188. The van der Waals surface area contributed by atoms with Gasteiger partial charge in [0.15, 0.2) is 5.78 Å². The average Bonchev–Trinajstić information content (AvgIpc) is 2.48. The highest BCUT2D eigenvalue weighted by molar-refractivity contribution is 9.10. The summed E-state index contributed by atoms with van der Waals surface area (Å²) in [6.45, 7) is 1.82. The van der Waals surface area contributed by atoms with Gasteiger partial charge in [-0.3, -0.25) is 4.79 Å². The molecule has 2 rings (SSSR count). The minimum Gasteiger partial charge on any atom is -0.295 e. The lowest BCUT2D eigenvalue weighted by Gasteiger charge is -2.07. The molecule has 116 valence electrons. The highest BCUT2D eigenvalue weighted by atomic mass is 79.9. The van der Waals surface area contributed by atoms with Crippen molar-refractivity contribution in [1.29, 1.82) is 0 Å². The van der Waals surface area contributed by atoms with Crippen molar-refractivity contribution in [2.75, 3.05) is 6.54 Å². The maximum atomic E-state index is 12.1. The van der Waals surface area contributed by atoms with E-state index in [1.807, 2.05) is 12.1 Å². The van der Waals surface area contributed by atoms with Crippen LogP contribution in [0, 0.1) is 0 Å². The Hall–Kier alpha value is -1.50. The Morgan fingerprint density at radius 2 is 1.64 bits per heavy atom. The molecular weight excluding hydrogens is 366 g/mol. The van der Waals surface area contributed by atoms with E-state index >= 15 is 0 Å². The zero-order chi connectivity index (χ0) is 16.2. The van der Waals surface area contributed by atoms with E-state index < -0.39 is 10.0 Å². The molecule has 4 nitrogen and oxygen atoms in total. The number of rotatable bonds is 6. The molecule has 0 radical (unpaired) electrons. The molecule has 2 aromatic carbocycles. The van der Waals surface area contributed by atoms with E-state index in [0.717, 1.165) is 10.0 Å². The lowest BCUT2D eigenvalue weighted by molar-refractivity contribution is 0.101. The maximum absolute atomic E-state index is 12.1. The summed E-state index contributed by atoms with van der Waals surface area (Å²) in [7, 11) is -3.49. The van der Waals surface area contributed by atoms with Crippen LogP contribution in [0.3, 0.4) is 0 Å². The van der Waals surface area contributed by atoms with Gasteiger partial charge in [0.05, 0.1) is 4.90 Å². The first-order valence-corrected chi connectivity index (χ1v) is 9.01. The van der Waals surface area contributed by atoms with Gasteiger partial charge in [-0.15, -0.1) is 0 Å². The molecule has 0 spiro atoms. The van der Waals surface area contributed by atoms with Gasteiger partial charge in [0.1, 0.15) is 0 Å². The van der Waals surface area contributed by atoms with Crippen molar-refractivity contribution < 1.29 is 13.2 Å². The number of sulfonamides is 1. The first-order chi connectivity index (χ1) is 10.4. The Morgan fingerprint density at radius 1 is 1.05 bits per heavy atom. The minimum absolute atomic E-state index is 0.0162. The number of ketones is 1. The zero-order valence-corrected chi connectivity index (χ0v) is 14.4. The number of nitrogens with one attached hydrogen (secondary N) is 1. The summed E-state index contributed by atoms with van der Waals surface area (Å²) in [6, 6.07) is 13.7. The zero-order valence-electron chi connectivity index (χ0n) is 12.0. The van der Waals surface area contributed by atoms with Crippen molar-refractivity contribution >= 4 is 31.7 Å². The minimum atomic E-state index is -3.49. The molecule has 0 unspecified atom stereocenters. The summed E-state index contributed by atoms with van der Waals surface area (Å²) in [4.78, 5) is 11.4. The van der Waals surface area contributed by atoms with Crippen molar-refractivity contribution in [1.82, 2.24) is 4.72 Å². The quantitative estimate of drug-likeness (QED) is 0.781. The van der Waals surface area contributed by atoms with Crippen LogP contribution in [0.15, 0.2) is 57.9 Å². The number of Topliss-reactive ketones (excluding diaryl/α,β-unsaturated/α-hetero) is 1. The molecule has 22 heavy (non-hydrogen) atoms. The van der Waals surface area contributed by atoms with E-state index in [1.165, 1.54) is 6.92 Å². The van der Waals surface area contributed by atoms with Gasteiger partial charge in [-0.2, -0.15) is 0 Å². The molecule has 0 saturated carbocycles. The smallest absolute Gasteiger partial charge is 0.240 e. The molecule has 2 aromatic rings. The Morgan fingerprint density at radius 3 is 2.18 bits per heavy atom. The summed E-state index contributed by atoms with van der Waals surface area (Å²) < 4.78 is 27.6. The van der Waals surface area contributed by atoms with Gasteiger partial charge in [-0.1, -0.05) is 40.2 Å². The molecule has 0 bridgehead atoms. The molecule has 0 aliphatic carbocycles. The number of hydrogen-bond acceptors (Lipinski definition) is 3. The van der Waals surface area contributed by atoms with Crippen molar-refractivity contribution in [3.05, 3.63) is 64.1 Å².